The van der Waals surface area contributed by atoms with Gasteiger partial charge in [-0.1, -0.05) is 167 Å². The fourth-order valence-corrected chi connectivity index (χ4v) is 6.47. The SMILES string of the molecule is CCC/C=C\C/C=C\CCCCCCCC(=O)NCCOP(=O)(O)OCC(O)COC(=O)CCCCCCCCCCCCCCCCCCC. The molecule has 0 saturated carbocycles. The fraction of sp³-hybridized carbons (Fsp3) is 0.854. The second kappa shape index (κ2) is 38.2. The van der Waals surface area contributed by atoms with Gasteiger partial charge in [0.15, 0.2) is 0 Å². The van der Waals surface area contributed by atoms with Crippen molar-refractivity contribution in [1.82, 2.24) is 5.32 Å². The number of phosphoric ester groups is 1. The van der Waals surface area contributed by atoms with Crippen LogP contribution in [0.5, 0.6) is 0 Å². The van der Waals surface area contributed by atoms with Crippen LogP contribution >= 0.6 is 7.82 Å². The number of carbonyl (C=O) groups excluding carboxylic acids is 2. The maximum atomic E-state index is 12.1. The predicted molar refractivity (Wildman–Crippen MR) is 211 cm³/mol. The summed E-state index contributed by atoms with van der Waals surface area (Å²) in [6.45, 7) is 3.48. The number of esters is 1. The van der Waals surface area contributed by atoms with Crippen molar-refractivity contribution < 1.29 is 37.9 Å². The maximum Gasteiger partial charge on any atom is 0.472 e. The van der Waals surface area contributed by atoms with Gasteiger partial charge in [-0.2, -0.15) is 0 Å². The smallest absolute Gasteiger partial charge is 0.463 e. The molecule has 9 nitrogen and oxygen atoms in total. The van der Waals surface area contributed by atoms with Crippen LogP contribution in [0.3, 0.4) is 0 Å². The van der Waals surface area contributed by atoms with Crippen molar-refractivity contribution in [1.29, 1.82) is 0 Å². The van der Waals surface area contributed by atoms with E-state index < -0.39 is 26.5 Å². The Labute approximate surface area is 312 Å². The molecule has 0 fully saturated rings. The minimum atomic E-state index is -4.41. The van der Waals surface area contributed by atoms with Gasteiger partial charge in [-0.3, -0.25) is 18.6 Å². The lowest BCUT2D eigenvalue weighted by atomic mass is 10.0. The third kappa shape index (κ3) is 39.5. The third-order valence-electron chi connectivity index (χ3n) is 8.87. The largest absolute Gasteiger partial charge is 0.472 e. The summed E-state index contributed by atoms with van der Waals surface area (Å²) < 4.78 is 26.8. The van der Waals surface area contributed by atoms with Crippen molar-refractivity contribution in [2.45, 2.75) is 200 Å². The summed E-state index contributed by atoms with van der Waals surface area (Å²) in [5, 5.41) is 12.7. The molecule has 1 amide bonds. The number of aliphatic hydroxyl groups is 1. The van der Waals surface area contributed by atoms with E-state index in [0.29, 0.717) is 6.42 Å². The molecule has 0 aliphatic rings. The number of hydrogen-bond acceptors (Lipinski definition) is 7. The molecule has 0 aromatic rings. The molecule has 0 rings (SSSR count). The molecule has 0 saturated heterocycles. The number of nitrogens with one attached hydrogen (secondary N) is 1. The van der Waals surface area contributed by atoms with Crippen molar-refractivity contribution in [3.63, 3.8) is 0 Å². The van der Waals surface area contributed by atoms with E-state index in [2.05, 4.69) is 43.5 Å². The summed E-state index contributed by atoms with van der Waals surface area (Å²) in [6, 6.07) is 0. The second-order valence-electron chi connectivity index (χ2n) is 14.0. The Morgan fingerprint density at radius 2 is 1.10 bits per heavy atom. The second-order valence-corrected chi connectivity index (χ2v) is 15.4. The molecular weight excluding hydrogens is 665 g/mol. The van der Waals surface area contributed by atoms with Crippen LogP contribution in [0, 0.1) is 0 Å². The van der Waals surface area contributed by atoms with Crippen molar-refractivity contribution in [2.24, 2.45) is 0 Å². The van der Waals surface area contributed by atoms with Crippen LogP contribution in [-0.4, -0.2) is 54.3 Å². The zero-order chi connectivity index (χ0) is 37.5. The van der Waals surface area contributed by atoms with Crippen LogP contribution in [0.2, 0.25) is 0 Å². The van der Waals surface area contributed by atoms with Gasteiger partial charge < -0.3 is 20.1 Å². The fourth-order valence-electron chi connectivity index (χ4n) is 5.71. The van der Waals surface area contributed by atoms with Gasteiger partial charge in [0, 0.05) is 19.4 Å². The quantitative estimate of drug-likeness (QED) is 0.0245. The van der Waals surface area contributed by atoms with E-state index in [4.69, 9.17) is 13.8 Å². The Bertz CT molecular complexity index is 897. The van der Waals surface area contributed by atoms with Crippen molar-refractivity contribution in [3.05, 3.63) is 24.3 Å². The summed E-state index contributed by atoms with van der Waals surface area (Å²) in [5.74, 6) is -0.526. The number of rotatable bonds is 39. The van der Waals surface area contributed by atoms with Crippen molar-refractivity contribution in [3.8, 4) is 0 Å². The average molecular weight is 744 g/mol. The molecule has 0 spiro atoms. The lowest BCUT2D eigenvalue weighted by Gasteiger charge is -2.15. The summed E-state index contributed by atoms with van der Waals surface area (Å²) in [5.41, 5.74) is 0. The molecule has 0 bridgehead atoms. The van der Waals surface area contributed by atoms with Gasteiger partial charge in [0.25, 0.3) is 0 Å². The number of phosphoric acid groups is 1. The Morgan fingerprint density at radius 3 is 1.65 bits per heavy atom. The molecule has 2 unspecified atom stereocenters. The highest BCUT2D eigenvalue weighted by Crippen LogP contribution is 2.42. The monoisotopic (exact) mass is 744 g/mol. The van der Waals surface area contributed by atoms with Gasteiger partial charge in [0.1, 0.15) is 12.7 Å². The van der Waals surface area contributed by atoms with Gasteiger partial charge >= 0.3 is 13.8 Å². The van der Waals surface area contributed by atoms with Gasteiger partial charge in [-0.05, 0) is 38.5 Å². The van der Waals surface area contributed by atoms with Crippen LogP contribution in [0.4, 0.5) is 0 Å². The average Bonchev–Trinajstić information content (AvgIpc) is 3.11. The van der Waals surface area contributed by atoms with E-state index in [1.165, 1.54) is 96.3 Å². The van der Waals surface area contributed by atoms with E-state index in [-0.39, 0.29) is 32.1 Å². The number of unbranched alkanes of at least 4 members (excludes halogenated alkanes) is 22. The van der Waals surface area contributed by atoms with E-state index in [1.807, 2.05) is 0 Å². The number of amides is 1. The molecule has 0 aliphatic heterocycles. The minimum Gasteiger partial charge on any atom is -0.463 e. The molecule has 2 atom stereocenters. The highest BCUT2D eigenvalue weighted by molar-refractivity contribution is 7.47. The van der Waals surface area contributed by atoms with Gasteiger partial charge in [0.2, 0.25) is 5.91 Å². The summed E-state index contributed by atoms with van der Waals surface area (Å²) in [7, 11) is -4.41. The van der Waals surface area contributed by atoms with Crippen molar-refractivity contribution in [2.75, 3.05) is 26.4 Å². The molecule has 51 heavy (non-hydrogen) atoms. The lowest BCUT2D eigenvalue weighted by molar-refractivity contribution is -0.147. The van der Waals surface area contributed by atoms with Gasteiger partial charge in [-0.15, -0.1) is 0 Å². The molecule has 3 N–H and O–H groups in total. The van der Waals surface area contributed by atoms with Crippen LogP contribution in [0.15, 0.2) is 24.3 Å². The first-order valence-electron chi connectivity index (χ1n) is 20.8. The Hall–Kier alpha value is -1.51. The maximum absolute atomic E-state index is 12.1. The minimum absolute atomic E-state index is 0.0757. The lowest BCUT2D eigenvalue weighted by Crippen LogP contribution is -2.27. The molecule has 0 aliphatic carbocycles. The zero-order valence-corrected chi connectivity index (χ0v) is 33.7. The van der Waals surface area contributed by atoms with E-state index in [0.717, 1.165) is 70.6 Å². The number of allylic oxidation sites excluding steroid dienone is 4. The topological polar surface area (TPSA) is 131 Å². The van der Waals surface area contributed by atoms with Gasteiger partial charge in [-0.25, -0.2) is 4.57 Å². The number of ether oxygens (including phenoxy) is 1. The molecule has 300 valence electrons. The highest BCUT2D eigenvalue weighted by atomic mass is 31.2. The molecule has 0 aromatic carbocycles. The van der Waals surface area contributed by atoms with Gasteiger partial charge in [0.05, 0.1) is 13.2 Å². The zero-order valence-electron chi connectivity index (χ0n) is 32.8. The molecule has 0 radical (unpaired) electrons. The van der Waals surface area contributed by atoms with Crippen LogP contribution < -0.4 is 5.32 Å². The summed E-state index contributed by atoms with van der Waals surface area (Å²) >= 11 is 0. The van der Waals surface area contributed by atoms with Crippen molar-refractivity contribution >= 4 is 19.7 Å². The number of hydrogen-bond donors (Lipinski definition) is 3. The van der Waals surface area contributed by atoms with Crippen LogP contribution in [-0.2, 0) is 27.9 Å². The molecule has 0 heterocycles. The standard InChI is InChI=1S/C41H78NO8P/c1-3-5-7-9-11-13-15-17-18-19-20-22-24-26-28-30-32-34-41(45)48-37-39(43)38-50-51(46,47)49-36-35-42-40(44)33-31-29-27-25-23-21-16-14-12-10-8-6-4-2/h8,10,14,16,39,43H,3-7,9,11-13,15,17-38H2,1-2H3,(H,42,44)(H,46,47)/b10-8-,16-14-. The summed E-state index contributed by atoms with van der Waals surface area (Å²) in [4.78, 5) is 33.8. The highest BCUT2D eigenvalue weighted by Gasteiger charge is 2.23. The van der Waals surface area contributed by atoms with Crippen LogP contribution in [0.25, 0.3) is 0 Å². The first kappa shape index (κ1) is 49.5. The first-order valence-corrected chi connectivity index (χ1v) is 22.3. The first-order chi connectivity index (χ1) is 24.8. The van der Waals surface area contributed by atoms with E-state index in [1.54, 1.807) is 0 Å². The van der Waals surface area contributed by atoms with E-state index >= 15 is 0 Å². The normalized spacial score (nSPS) is 13.6. The molecular formula is C41H78NO8P. The Balaban J connectivity index is 3.59. The summed E-state index contributed by atoms with van der Waals surface area (Å²) in [6.07, 6.45) is 39.6. The number of aliphatic hydroxyl groups excluding tert-OH is 1. The Kier molecular flexibility index (Phi) is 37.1. The molecule has 10 heteroatoms. The third-order valence-corrected chi connectivity index (χ3v) is 9.85. The number of carbonyl (C=O) groups is 2. The Morgan fingerprint density at radius 1 is 0.608 bits per heavy atom. The predicted octanol–water partition coefficient (Wildman–Crippen LogP) is 11.2. The molecule has 0 aromatic heterocycles. The van der Waals surface area contributed by atoms with Crippen LogP contribution in [0.1, 0.15) is 194 Å². The van der Waals surface area contributed by atoms with E-state index in [9.17, 15) is 24.2 Å².